The van der Waals surface area contributed by atoms with Crippen LogP contribution in [-0.4, -0.2) is 53.1 Å². The first-order valence-corrected chi connectivity index (χ1v) is 10.00. The van der Waals surface area contributed by atoms with Gasteiger partial charge in [-0.25, -0.2) is 16.8 Å². The van der Waals surface area contributed by atoms with E-state index < -0.39 is 19.9 Å². The van der Waals surface area contributed by atoms with Crippen molar-refractivity contribution in [2.75, 3.05) is 25.9 Å². The highest BCUT2D eigenvalue weighted by atomic mass is 32.2. The highest BCUT2D eigenvalue weighted by Crippen LogP contribution is 2.24. The summed E-state index contributed by atoms with van der Waals surface area (Å²) in [5.74, 6) is 0. The van der Waals surface area contributed by atoms with Crippen LogP contribution in [0.4, 0.5) is 0 Å². The number of sulfone groups is 1. The molecule has 2 rings (SSSR count). The van der Waals surface area contributed by atoms with Gasteiger partial charge in [0, 0.05) is 31.9 Å². The van der Waals surface area contributed by atoms with Crippen molar-refractivity contribution in [3.8, 4) is 0 Å². The first-order valence-electron chi connectivity index (χ1n) is 6.66. The molecule has 1 N–H and O–H groups in total. The molecule has 0 amide bonds. The van der Waals surface area contributed by atoms with Gasteiger partial charge in [0.05, 0.1) is 9.79 Å². The molecule has 21 heavy (non-hydrogen) atoms. The monoisotopic (exact) mass is 332 g/mol. The smallest absolute Gasteiger partial charge is 0.243 e. The van der Waals surface area contributed by atoms with Crippen LogP contribution >= 0.6 is 0 Å². The minimum atomic E-state index is -3.68. The minimum absolute atomic E-state index is 0.0230. The lowest BCUT2D eigenvalue weighted by Crippen LogP contribution is -2.51. The van der Waals surface area contributed by atoms with Crippen molar-refractivity contribution in [3.63, 3.8) is 0 Å². The molecule has 1 saturated heterocycles. The van der Waals surface area contributed by atoms with Crippen LogP contribution in [0.15, 0.2) is 28.0 Å². The zero-order chi connectivity index (χ0) is 15.8. The lowest BCUT2D eigenvalue weighted by molar-refractivity contribution is 0.310. The van der Waals surface area contributed by atoms with Crippen molar-refractivity contribution in [1.82, 2.24) is 9.62 Å². The van der Waals surface area contributed by atoms with Crippen molar-refractivity contribution < 1.29 is 16.8 Å². The van der Waals surface area contributed by atoms with Gasteiger partial charge >= 0.3 is 0 Å². The average molecular weight is 332 g/mol. The summed E-state index contributed by atoms with van der Waals surface area (Å²) in [7, 11) is -7.12. The number of hydrogen-bond donors (Lipinski definition) is 1. The summed E-state index contributed by atoms with van der Waals surface area (Å²) >= 11 is 0. The Kier molecular flexibility index (Phi) is 4.44. The van der Waals surface area contributed by atoms with E-state index in [4.69, 9.17) is 0 Å². The van der Waals surface area contributed by atoms with Crippen molar-refractivity contribution in [2.24, 2.45) is 0 Å². The zero-order valence-electron chi connectivity index (χ0n) is 12.3. The Balaban J connectivity index is 2.49. The molecule has 0 aromatic heterocycles. The number of hydrogen-bond acceptors (Lipinski definition) is 5. The largest absolute Gasteiger partial charge is 0.312 e. The van der Waals surface area contributed by atoms with E-state index in [2.05, 4.69) is 5.32 Å². The van der Waals surface area contributed by atoms with Gasteiger partial charge in [0.2, 0.25) is 10.0 Å². The Morgan fingerprint density at radius 3 is 2.48 bits per heavy atom. The van der Waals surface area contributed by atoms with Crippen LogP contribution in [0.3, 0.4) is 0 Å². The second kappa shape index (κ2) is 5.68. The highest BCUT2D eigenvalue weighted by Gasteiger charge is 2.30. The number of benzene rings is 1. The quantitative estimate of drug-likeness (QED) is 0.865. The van der Waals surface area contributed by atoms with Gasteiger partial charge in [-0.1, -0.05) is 6.07 Å². The van der Waals surface area contributed by atoms with Gasteiger partial charge in [0.25, 0.3) is 0 Å². The molecule has 6 nitrogen and oxygen atoms in total. The van der Waals surface area contributed by atoms with Crippen LogP contribution < -0.4 is 5.32 Å². The van der Waals surface area contributed by atoms with Crippen LogP contribution in [0.5, 0.6) is 0 Å². The number of piperazine rings is 1. The van der Waals surface area contributed by atoms with Crippen LogP contribution in [0.1, 0.15) is 12.5 Å². The minimum Gasteiger partial charge on any atom is -0.312 e. The van der Waals surface area contributed by atoms with E-state index in [1.54, 1.807) is 6.92 Å². The molecule has 1 unspecified atom stereocenters. The maximum Gasteiger partial charge on any atom is 0.243 e. The number of nitrogens with zero attached hydrogens (tertiary/aromatic N) is 1. The standard InChI is InChI=1S/C13H20N2O4S2/c1-10-4-5-12(20(3,16)17)8-13(10)21(18,19)15-7-6-14-11(2)9-15/h4-5,8,11,14H,6-7,9H2,1-3H3. The normalized spacial score (nSPS) is 21.4. The van der Waals surface area contributed by atoms with Gasteiger partial charge in [-0.3, -0.25) is 0 Å². The van der Waals surface area contributed by atoms with Gasteiger partial charge in [0.1, 0.15) is 0 Å². The maximum absolute atomic E-state index is 12.7. The molecule has 118 valence electrons. The molecule has 1 heterocycles. The Hall–Kier alpha value is -0.960. The van der Waals surface area contributed by atoms with E-state index >= 15 is 0 Å². The van der Waals surface area contributed by atoms with Gasteiger partial charge in [0.15, 0.2) is 9.84 Å². The number of sulfonamides is 1. The average Bonchev–Trinajstić information content (AvgIpc) is 2.37. The number of rotatable bonds is 3. The van der Waals surface area contributed by atoms with E-state index in [9.17, 15) is 16.8 Å². The number of nitrogens with one attached hydrogen (secondary N) is 1. The van der Waals surface area contributed by atoms with Crippen molar-refractivity contribution in [3.05, 3.63) is 23.8 Å². The van der Waals surface area contributed by atoms with Gasteiger partial charge in [-0.2, -0.15) is 4.31 Å². The van der Waals surface area contributed by atoms with Gasteiger partial charge in [-0.05, 0) is 31.5 Å². The lowest BCUT2D eigenvalue weighted by Gasteiger charge is -2.31. The summed E-state index contributed by atoms with van der Waals surface area (Å²) in [6.45, 7) is 4.94. The molecule has 0 radical (unpaired) electrons. The molecular weight excluding hydrogens is 312 g/mol. The van der Waals surface area contributed by atoms with Crippen LogP contribution in [0, 0.1) is 6.92 Å². The van der Waals surface area contributed by atoms with E-state index in [-0.39, 0.29) is 15.8 Å². The molecule has 0 spiro atoms. The van der Waals surface area contributed by atoms with E-state index in [1.807, 2.05) is 6.92 Å². The Morgan fingerprint density at radius 2 is 1.90 bits per heavy atom. The molecule has 1 aliphatic heterocycles. The fourth-order valence-corrected chi connectivity index (χ4v) is 4.85. The second-order valence-electron chi connectivity index (χ2n) is 5.42. The van der Waals surface area contributed by atoms with Crippen molar-refractivity contribution in [1.29, 1.82) is 0 Å². The highest BCUT2D eigenvalue weighted by molar-refractivity contribution is 7.91. The summed E-state index contributed by atoms with van der Waals surface area (Å²) in [5, 5.41) is 3.18. The predicted molar refractivity (Wildman–Crippen MR) is 80.5 cm³/mol. The van der Waals surface area contributed by atoms with Gasteiger partial charge < -0.3 is 5.32 Å². The number of aryl methyl sites for hydroxylation is 1. The summed E-state index contributed by atoms with van der Waals surface area (Å²) in [4.78, 5) is 0.0920. The first-order chi connectivity index (χ1) is 9.62. The van der Waals surface area contributed by atoms with Crippen LogP contribution in [0.25, 0.3) is 0 Å². The Morgan fingerprint density at radius 1 is 1.24 bits per heavy atom. The Bertz CT molecular complexity index is 741. The fourth-order valence-electron chi connectivity index (χ4n) is 2.34. The van der Waals surface area contributed by atoms with E-state index in [0.29, 0.717) is 25.2 Å². The summed E-state index contributed by atoms with van der Waals surface area (Å²) < 4.78 is 50.1. The van der Waals surface area contributed by atoms with Crippen LogP contribution in [-0.2, 0) is 19.9 Å². The Labute approximate surface area is 126 Å². The summed E-state index contributed by atoms with van der Waals surface area (Å²) in [6, 6.07) is 4.30. The third-order valence-corrected chi connectivity index (χ3v) is 6.65. The molecule has 1 aliphatic rings. The molecule has 0 aliphatic carbocycles. The van der Waals surface area contributed by atoms with Crippen molar-refractivity contribution in [2.45, 2.75) is 29.7 Å². The second-order valence-corrected chi connectivity index (χ2v) is 9.34. The zero-order valence-corrected chi connectivity index (χ0v) is 14.0. The fraction of sp³-hybridized carbons (Fsp3) is 0.538. The molecule has 0 saturated carbocycles. The molecule has 1 aromatic carbocycles. The molecule has 1 atom stereocenters. The maximum atomic E-state index is 12.7. The molecule has 0 bridgehead atoms. The topological polar surface area (TPSA) is 83.5 Å². The SMILES string of the molecule is Cc1ccc(S(C)(=O)=O)cc1S(=O)(=O)N1CCNC(C)C1. The summed E-state index contributed by atoms with van der Waals surface area (Å²) in [5.41, 5.74) is 0.550. The first kappa shape index (κ1) is 16.4. The third kappa shape index (κ3) is 3.45. The van der Waals surface area contributed by atoms with Gasteiger partial charge in [-0.15, -0.1) is 0 Å². The third-order valence-electron chi connectivity index (χ3n) is 3.54. The van der Waals surface area contributed by atoms with Crippen LogP contribution in [0.2, 0.25) is 0 Å². The molecular formula is C13H20N2O4S2. The molecule has 8 heteroatoms. The summed E-state index contributed by atoms with van der Waals surface area (Å²) in [6.07, 6.45) is 1.07. The molecule has 1 fully saturated rings. The van der Waals surface area contributed by atoms with Crippen molar-refractivity contribution >= 4 is 19.9 Å². The van der Waals surface area contributed by atoms with E-state index in [1.165, 1.54) is 22.5 Å². The molecule has 1 aromatic rings. The lowest BCUT2D eigenvalue weighted by atomic mass is 10.2. The predicted octanol–water partition coefficient (Wildman–Crippen LogP) is 0.381. The van der Waals surface area contributed by atoms with E-state index in [0.717, 1.165) is 6.26 Å².